The van der Waals surface area contributed by atoms with Crippen LogP contribution in [0, 0.1) is 10.1 Å². The van der Waals surface area contributed by atoms with E-state index in [0.717, 1.165) is 23.7 Å². The molecule has 2 aromatic rings. The van der Waals surface area contributed by atoms with Crippen molar-refractivity contribution in [1.82, 2.24) is 5.32 Å². The summed E-state index contributed by atoms with van der Waals surface area (Å²) in [6.07, 6.45) is 0. The van der Waals surface area contributed by atoms with Gasteiger partial charge in [-0.3, -0.25) is 10.1 Å². The zero-order valence-corrected chi connectivity index (χ0v) is 14.1. The summed E-state index contributed by atoms with van der Waals surface area (Å²) in [6.45, 7) is 0.773. The molecule has 8 heteroatoms. The van der Waals surface area contributed by atoms with Crippen LogP contribution in [-0.4, -0.2) is 22.3 Å². The lowest BCUT2D eigenvalue weighted by molar-refractivity contribution is -0.384. The number of anilines is 1. The average Bonchev–Trinajstić information content (AvgIpc) is 3.00. The number of thiophene rings is 1. The van der Waals surface area contributed by atoms with Crippen LogP contribution in [0.5, 0.6) is 0 Å². The summed E-state index contributed by atoms with van der Waals surface area (Å²) >= 11 is 8.80. The van der Waals surface area contributed by atoms with E-state index in [1.54, 1.807) is 23.5 Å². The molecule has 0 aliphatic carbocycles. The third kappa shape index (κ3) is 5.63. The zero-order valence-electron chi connectivity index (χ0n) is 11.7. The smallest absolute Gasteiger partial charge is 0.269 e. The Morgan fingerprint density at radius 2 is 2.09 bits per heavy atom. The van der Waals surface area contributed by atoms with Gasteiger partial charge in [0.25, 0.3) is 5.69 Å². The van der Waals surface area contributed by atoms with Crippen LogP contribution < -0.4 is 10.6 Å². The monoisotopic (exact) mass is 353 g/mol. The number of nitrogens with zero attached hydrogens (tertiary/aromatic N) is 1. The Morgan fingerprint density at radius 3 is 2.73 bits per heavy atom. The molecule has 1 aromatic heterocycles. The van der Waals surface area contributed by atoms with Crippen molar-refractivity contribution in [3.05, 3.63) is 56.8 Å². The van der Waals surface area contributed by atoms with Gasteiger partial charge < -0.3 is 10.6 Å². The summed E-state index contributed by atoms with van der Waals surface area (Å²) < 4.78 is 0. The first kappa shape index (κ1) is 16.7. The predicted molar refractivity (Wildman–Crippen MR) is 97.8 cm³/mol. The van der Waals surface area contributed by atoms with E-state index >= 15 is 0 Å². The molecule has 0 bridgehead atoms. The first-order valence-corrected chi connectivity index (χ1v) is 8.99. The minimum Gasteiger partial charge on any atom is -0.362 e. The molecule has 5 nitrogen and oxygen atoms in total. The predicted octanol–water partition coefficient (Wildman–Crippen LogP) is 3.88. The van der Waals surface area contributed by atoms with Crippen LogP contribution in [-0.2, 0) is 5.75 Å². The van der Waals surface area contributed by atoms with Crippen molar-refractivity contribution < 1.29 is 4.92 Å². The first-order valence-electron chi connectivity index (χ1n) is 6.54. The van der Waals surface area contributed by atoms with Crippen LogP contribution in [0.2, 0.25) is 0 Å². The Kier molecular flexibility index (Phi) is 6.63. The number of thioether (sulfide) groups is 1. The second kappa shape index (κ2) is 8.72. The van der Waals surface area contributed by atoms with Crippen LogP contribution in [0.25, 0.3) is 0 Å². The number of non-ortho nitro benzene ring substituents is 1. The molecule has 0 aliphatic rings. The van der Waals surface area contributed by atoms with E-state index in [0.29, 0.717) is 5.11 Å². The van der Waals surface area contributed by atoms with Gasteiger partial charge in [-0.1, -0.05) is 6.07 Å². The molecule has 0 spiro atoms. The molecule has 0 unspecified atom stereocenters. The lowest BCUT2D eigenvalue weighted by Gasteiger charge is -2.10. The van der Waals surface area contributed by atoms with Crippen LogP contribution in [0.1, 0.15) is 4.88 Å². The molecule has 0 aliphatic heterocycles. The van der Waals surface area contributed by atoms with E-state index in [4.69, 9.17) is 12.2 Å². The van der Waals surface area contributed by atoms with E-state index in [-0.39, 0.29) is 5.69 Å². The van der Waals surface area contributed by atoms with Gasteiger partial charge in [-0.05, 0) is 35.8 Å². The number of benzene rings is 1. The fourth-order valence-electron chi connectivity index (χ4n) is 1.65. The number of thiocarbonyl (C=S) groups is 1. The van der Waals surface area contributed by atoms with E-state index in [2.05, 4.69) is 28.1 Å². The zero-order chi connectivity index (χ0) is 15.8. The second-order valence-corrected chi connectivity index (χ2v) is 6.86. The Labute approximate surface area is 142 Å². The van der Waals surface area contributed by atoms with Gasteiger partial charge in [0.2, 0.25) is 0 Å². The molecule has 0 radical (unpaired) electrons. The highest BCUT2D eigenvalue weighted by Gasteiger charge is 2.04. The minimum atomic E-state index is -0.425. The fourth-order valence-corrected chi connectivity index (χ4v) is 3.57. The molecule has 1 heterocycles. The Hall–Kier alpha value is -1.64. The van der Waals surface area contributed by atoms with Crippen molar-refractivity contribution in [1.29, 1.82) is 0 Å². The van der Waals surface area contributed by atoms with Crippen molar-refractivity contribution >= 4 is 51.8 Å². The third-order valence-corrected chi connectivity index (χ3v) is 5.01. The van der Waals surface area contributed by atoms with Gasteiger partial charge in [0, 0.05) is 40.7 Å². The van der Waals surface area contributed by atoms with E-state index in [1.165, 1.54) is 17.0 Å². The van der Waals surface area contributed by atoms with Crippen molar-refractivity contribution in [2.75, 3.05) is 17.6 Å². The lowest BCUT2D eigenvalue weighted by Crippen LogP contribution is -2.30. The number of nitro groups is 1. The van der Waals surface area contributed by atoms with Gasteiger partial charge >= 0.3 is 0 Å². The van der Waals surface area contributed by atoms with Crippen LogP contribution in [0.3, 0.4) is 0 Å². The summed E-state index contributed by atoms with van der Waals surface area (Å²) in [5.74, 6) is 1.97. The standard InChI is InChI=1S/C14H15N3O2S3/c18-17(19)12-5-3-11(4-6-12)16-14(20)15-7-9-21-10-13-2-1-8-22-13/h1-6,8H,7,9-10H2,(H2,15,16,20). The highest BCUT2D eigenvalue weighted by molar-refractivity contribution is 7.98. The van der Waals surface area contributed by atoms with Gasteiger partial charge in [-0.2, -0.15) is 11.8 Å². The molecule has 0 saturated heterocycles. The molecule has 0 atom stereocenters. The van der Waals surface area contributed by atoms with E-state index in [9.17, 15) is 10.1 Å². The van der Waals surface area contributed by atoms with Crippen LogP contribution in [0.4, 0.5) is 11.4 Å². The summed E-state index contributed by atoms with van der Waals surface area (Å²) in [7, 11) is 0. The number of rotatable bonds is 7. The number of hydrogen-bond donors (Lipinski definition) is 2. The van der Waals surface area contributed by atoms with Gasteiger partial charge in [-0.25, -0.2) is 0 Å². The number of nitrogens with one attached hydrogen (secondary N) is 2. The summed E-state index contributed by atoms with van der Waals surface area (Å²) in [5.41, 5.74) is 0.795. The SMILES string of the molecule is O=[N+]([O-])c1ccc(NC(=S)NCCSCc2cccs2)cc1. The molecule has 0 fully saturated rings. The molecular formula is C14H15N3O2S3. The molecule has 0 saturated carbocycles. The van der Waals surface area contributed by atoms with Crippen LogP contribution >= 0.6 is 35.3 Å². The largest absolute Gasteiger partial charge is 0.362 e. The number of nitro benzene ring substituents is 1. The molecule has 22 heavy (non-hydrogen) atoms. The van der Waals surface area contributed by atoms with Gasteiger partial charge in [-0.15, -0.1) is 11.3 Å². The summed E-state index contributed by atoms with van der Waals surface area (Å²) in [4.78, 5) is 11.5. The van der Waals surface area contributed by atoms with Crippen molar-refractivity contribution in [3.63, 3.8) is 0 Å². The van der Waals surface area contributed by atoms with Crippen molar-refractivity contribution in [2.24, 2.45) is 0 Å². The Morgan fingerprint density at radius 1 is 1.32 bits per heavy atom. The maximum absolute atomic E-state index is 10.6. The summed E-state index contributed by atoms with van der Waals surface area (Å²) in [6, 6.07) is 10.4. The first-order chi connectivity index (χ1) is 10.6. The highest BCUT2D eigenvalue weighted by Crippen LogP contribution is 2.17. The van der Waals surface area contributed by atoms with E-state index in [1.807, 2.05) is 11.8 Å². The number of hydrogen-bond acceptors (Lipinski definition) is 5. The highest BCUT2D eigenvalue weighted by atomic mass is 32.2. The maximum atomic E-state index is 10.6. The molecule has 0 amide bonds. The quantitative estimate of drug-likeness (QED) is 0.341. The molecule has 116 valence electrons. The normalized spacial score (nSPS) is 10.2. The lowest BCUT2D eigenvalue weighted by atomic mass is 10.3. The van der Waals surface area contributed by atoms with Crippen molar-refractivity contribution in [3.8, 4) is 0 Å². The molecular weight excluding hydrogens is 338 g/mol. The maximum Gasteiger partial charge on any atom is 0.269 e. The Bertz CT molecular complexity index is 615. The topological polar surface area (TPSA) is 67.2 Å². The fraction of sp³-hybridized carbons (Fsp3) is 0.214. The van der Waals surface area contributed by atoms with Gasteiger partial charge in [0.05, 0.1) is 4.92 Å². The molecule has 1 aromatic carbocycles. The molecule has 2 rings (SSSR count). The van der Waals surface area contributed by atoms with E-state index < -0.39 is 4.92 Å². The van der Waals surface area contributed by atoms with Crippen molar-refractivity contribution in [2.45, 2.75) is 5.75 Å². The minimum absolute atomic E-state index is 0.0643. The van der Waals surface area contributed by atoms with Gasteiger partial charge in [0.1, 0.15) is 0 Å². The third-order valence-electron chi connectivity index (χ3n) is 2.69. The van der Waals surface area contributed by atoms with Gasteiger partial charge in [0.15, 0.2) is 5.11 Å². The molecule has 2 N–H and O–H groups in total. The van der Waals surface area contributed by atoms with Crippen LogP contribution in [0.15, 0.2) is 41.8 Å². The second-order valence-electron chi connectivity index (χ2n) is 4.32. The average molecular weight is 353 g/mol. The summed E-state index contributed by atoms with van der Waals surface area (Å²) in [5, 5.41) is 19.3. The Balaban J connectivity index is 1.64.